The first kappa shape index (κ1) is 15.8. The lowest BCUT2D eigenvalue weighted by molar-refractivity contribution is 0.585. The van der Waals surface area contributed by atoms with Gasteiger partial charge in [0.1, 0.15) is 0 Å². The van der Waals surface area contributed by atoms with Gasteiger partial charge in [0.15, 0.2) is 0 Å². The van der Waals surface area contributed by atoms with Crippen molar-refractivity contribution < 1.29 is 0 Å². The van der Waals surface area contributed by atoms with E-state index in [4.69, 9.17) is 0 Å². The molecule has 4 heteroatoms. The normalized spacial score (nSPS) is 11.5. The summed E-state index contributed by atoms with van der Waals surface area (Å²) in [6, 6.07) is 6.49. The molecule has 0 unspecified atom stereocenters. The summed E-state index contributed by atoms with van der Waals surface area (Å²) in [6.45, 7) is 9.58. The molecular formula is C17H25N3S. The summed E-state index contributed by atoms with van der Waals surface area (Å²) in [6.07, 6.45) is 1.99. The molecule has 0 radical (unpaired) electrons. The molecule has 1 aromatic heterocycles. The third-order valence-corrected chi connectivity index (χ3v) is 4.80. The Bertz CT molecular complexity index is 609. The van der Waals surface area contributed by atoms with Crippen LogP contribution in [0.2, 0.25) is 0 Å². The lowest BCUT2D eigenvalue weighted by atomic mass is 9.98. The van der Waals surface area contributed by atoms with Crippen LogP contribution >= 0.6 is 11.3 Å². The van der Waals surface area contributed by atoms with Crippen molar-refractivity contribution in [3.05, 3.63) is 39.8 Å². The second-order valence-electron chi connectivity index (χ2n) is 6.63. The van der Waals surface area contributed by atoms with Gasteiger partial charge in [-0.15, -0.1) is 11.3 Å². The molecule has 2 aromatic rings. The zero-order chi connectivity index (χ0) is 15.6. The van der Waals surface area contributed by atoms with Gasteiger partial charge in [-0.3, -0.25) is 0 Å². The van der Waals surface area contributed by atoms with Crippen molar-refractivity contribution in [2.24, 2.45) is 0 Å². The van der Waals surface area contributed by atoms with E-state index in [1.807, 2.05) is 6.20 Å². The number of benzene rings is 1. The molecule has 0 saturated carbocycles. The Morgan fingerprint density at radius 1 is 1.24 bits per heavy atom. The Morgan fingerprint density at radius 2 is 1.95 bits per heavy atom. The molecule has 1 heterocycles. The van der Waals surface area contributed by atoms with E-state index >= 15 is 0 Å². The van der Waals surface area contributed by atoms with E-state index in [0.29, 0.717) is 0 Å². The van der Waals surface area contributed by atoms with Crippen LogP contribution in [0.4, 0.5) is 11.4 Å². The van der Waals surface area contributed by atoms with E-state index in [9.17, 15) is 0 Å². The Kier molecular flexibility index (Phi) is 4.57. The molecule has 0 spiro atoms. The first-order chi connectivity index (χ1) is 9.77. The summed E-state index contributed by atoms with van der Waals surface area (Å²) in [5, 5.41) is 4.71. The first-order valence-electron chi connectivity index (χ1n) is 7.24. The maximum Gasteiger partial charge on any atom is 0.0981 e. The standard InChI is InChI=1S/C17H25N3S/c1-12-9-13(20(5)6)7-8-15(12)18-10-14-11-19-16(21-14)17(2,3)4/h7-9,11,18H,10H2,1-6H3. The predicted octanol–water partition coefficient (Wildman–Crippen LogP) is 4.43. The molecule has 0 saturated heterocycles. The van der Waals surface area contributed by atoms with Gasteiger partial charge in [0.25, 0.3) is 0 Å². The summed E-state index contributed by atoms with van der Waals surface area (Å²) in [5.74, 6) is 0. The van der Waals surface area contributed by atoms with E-state index < -0.39 is 0 Å². The molecular weight excluding hydrogens is 278 g/mol. The van der Waals surface area contributed by atoms with Crippen LogP contribution in [0, 0.1) is 6.92 Å². The highest BCUT2D eigenvalue weighted by Crippen LogP contribution is 2.28. The van der Waals surface area contributed by atoms with Gasteiger partial charge in [0.2, 0.25) is 0 Å². The number of thiazole rings is 1. The largest absolute Gasteiger partial charge is 0.380 e. The van der Waals surface area contributed by atoms with Crippen molar-refractivity contribution in [3.8, 4) is 0 Å². The van der Waals surface area contributed by atoms with Gasteiger partial charge < -0.3 is 10.2 Å². The number of anilines is 2. The maximum absolute atomic E-state index is 4.53. The van der Waals surface area contributed by atoms with Crippen molar-refractivity contribution in [1.29, 1.82) is 0 Å². The van der Waals surface area contributed by atoms with Gasteiger partial charge in [-0.25, -0.2) is 4.98 Å². The summed E-state index contributed by atoms with van der Waals surface area (Å²) in [5.41, 5.74) is 3.81. The molecule has 0 amide bonds. The lowest BCUT2D eigenvalue weighted by Crippen LogP contribution is -2.09. The van der Waals surface area contributed by atoms with Gasteiger partial charge in [-0.05, 0) is 30.7 Å². The minimum atomic E-state index is 0.131. The van der Waals surface area contributed by atoms with Crippen LogP contribution in [0.15, 0.2) is 24.4 Å². The molecule has 0 bridgehead atoms. The lowest BCUT2D eigenvalue weighted by Gasteiger charge is -2.16. The van der Waals surface area contributed by atoms with Gasteiger partial charge in [0, 0.05) is 42.0 Å². The Balaban J connectivity index is 2.05. The van der Waals surface area contributed by atoms with E-state index in [1.165, 1.54) is 26.8 Å². The molecule has 1 N–H and O–H groups in total. The van der Waals surface area contributed by atoms with E-state index in [1.54, 1.807) is 11.3 Å². The van der Waals surface area contributed by atoms with Gasteiger partial charge in [-0.2, -0.15) is 0 Å². The van der Waals surface area contributed by atoms with Crippen LogP contribution in [-0.2, 0) is 12.0 Å². The molecule has 114 valence electrons. The van der Waals surface area contributed by atoms with Crippen LogP contribution in [0.1, 0.15) is 36.2 Å². The Labute approximate surface area is 132 Å². The van der Waals surface area contributed by atoms with Crippen molar-refractivity contribution in [3.63, 3.8) is 0 Å². The molecule has 0 fully saturated rings. The number of hydrogen-bond donors (Lipinski definition) is 1. The molecule has 0 aliphatic rings. The Morgan fingerprint density at radius 3 is 2.48 bits per heavy atom. The number of nitrogens with one attached hydrogen (secondary N) is 1. The van der Waals surface area contributed by atoms with Gasteiger partial charge in [-0.1, -0.05) is 20.8 Å². The quantitative estimate of drug-likeness (QED) is 0.906. The summed E-state index contributed by atoms with van der Waals surface area (Å²) < 4.78 is 0. The topological polar surface area (TPSA) is 28.2 Å². The second kappa shape index (κ2) is 6.06. The number of rotatable bonds is 4. The van der Waals surface area contributed by atoms with Crippen LogP contribution in [0.25, 0.3) is 0 Å². The zero-order valence-corrected chi connectivity index (χ0v) is 14.6. The average Bonchev–Trinajstić information content (AvgIpc) is 2.85. The summed E-state index contributed by atoms with van der Waals surface area (Å²) in [4.78, 5) is 7.93. The maximum atomic E-state index is 4.53. The molecule has 2 rings (SSSR count). The summed E-state index contributed by atoms with van der Waals surface area (Å²) >= 11 is 1.79. The fourth-order valence-corrected chi connectivity index (χ4v) is 2.95. The van der Waals surface area contributed by atoms with Crippen molar-refractivity contribution in [1.82, 2.24) is 4.98 Å². The third-order valence-electron chi connectivity index (χ3n) is 3.37. The van der Waals surface area contributed by atoms with Crippen LogP contribution < -0.4 is 10.2 Å². The molecule has 21 heavy (non-hydrogen) atoms. The zero-order valence-electron chi connectivity index (χ0n) is 13.8. The van der Waals surface area contributed by atoms with Gasteiger partial charge >= 0.3 is 0 Å². The number of nitrogens with zero attached hydrogens (tertiary/aromatic N) is 2. The van der Waals surface area contributed by atoms with E-state index in [2.05, 4.69) is 75.2 Å². The van der Waals surface area contributed by atoms with Crippen molar-refractivity contribution in [2.75, 3.05) is 24.3 Å². The fraction of sp³-hybridized carbons (Fsp3) is 0.471. The Hall–Kier alpha value is -1.55. The van der Waals surface area contributed by atoms with Crippen molar-refractivity contribution >= 4 is 22.7 Å². The van der Waals surface area contributed by atoms with Crippen molar-refractivity contribution in [2.45, 2.75) is 39.7 Å². The highest BCUT2D eigenvalue weighted by Gasteiger charge is 2.17. The fourth-order valence-electron chi connectivity index (χ4n) is 2.04. The summed E-state index contributed by atoms with van der Waals surface area (Å²) in [7, 11) is 4.13. The molecule has 0 aliphatic carbocycles. The van der Waals surface area contributed by atoms with E-state index in [0.717, 1.165) is 6.54 Å². The highest BCUT2D eigenvalue weighted by atomic mass is 32.1. The minimum absolute atomic E-state index is 0.131. The first-order valence-corrected chi connectivity index (χ1v) is 8.06. The van der Waals surface area contributed by atoms with Gasteiger partial charge in [0.05, 0.1) is 11.6 Å². The average molecular weight is 303 g/mol. The molecule has 1 aromatic carbocycles. The number of aryl methyl sites for hydroxylation is 1. The van der Waals surface area contributed by atoms with E-state index in [-0.39, 0.29) is 5.41 Å². The molecule has 0 aliphatic heterocycles. The molecule has 3 nitrogen and oxygen atoms in total. The number of aromatic nitrogens is 1. The van der Waals surface area contributed by atoms with Crippen LogP contribution in [0.5, 0.6) is 0 Å². The van der Waals surface area contributed by atoms with Crippen LogP contribution in [0.3, 0.4) is 0 Å². The SMILES string of the molecule is Cc1cc(N(C)C)ccc1NCc1cnc(C(C)(C)C)s1. The monoisotopic (exact) mass is 303 g/mol. The second-order valence-corrected chi connectivity index (χ2v) is 7.74. The molecule has 0 atom stereocenters. The smallest absolute Gasteiger partial charge is 0.0981 e. The third kappa shape index (κ3) is 3.97. The van der Waals surface area contributed by atoms with Crippen LogP contribution in [-0.4, -0.2) is 19.1 Å². The number of hydrogen-bond acceptors (Lipinski definition) is 4. The highest BCUT2D eigenvalue weighted by molar-refractivity contribution is 7.11. The predicted molar refractivity (Wildman–Crippen MR) is 93.6 cm³/mol. The minimum Gasteiger partial charge on any atom is -0.380 e.